The Morgan fingerprint density at radius 3 is 2.68 bits per heavy atom. The van der Waals surface area contributed by atoms with Gasteiger partial charge in [0.25, 0.3) is 0 Å². The van der Waals surface area contributed by atoms with Gasteiger partial charge in [-0.1, -0.05) is 0 Å². The van der Waals surface area contributed by atoms with Crippen LogP contribution in [0.1, 0.15) is 33.6 Å². The van der Waals surface area contributed by atoms with Crippen molar-refractivity contribution in [2.45, 2.75) is 39.2 Å². The topological polar surface area (TPSA) is 70.7 Å². The van der Waals surface area contributed by atoms with E-state index in [2.05, 4.69) is 10.6 Å². The third-order valence-electron chi connectivity index (χ3n) is 2.70. The third-order valence-corrected chi connectivity index (χ3v) is 2.70. The molecule has 6 nitrogen and oxygen atoms in total. The second-order valence-corrected chi connectivity index (χ2v) is 5.66. The number of alkyl carbamates (subject to hydrolysis) is 1. The SMILES string of the molecule is CC(C)(C)OC(=O)NCCC(=O)N1CCCNCC1. The van der Waals surface area contributed by atoms with Crippen LogP contribution in [0, 0.1) is 0 Å². The average molecular weight is 271 g/mol. The Balaban J connectivity index is 2.21. The van der Waals surface area contributed by atoms with E-state index in [4.69, 9.17) is 4.74 Å². The standard InChI is InChI=1S/C13H25N3O3/c1-13(2,3)19-12(18)15-7-5-11(17)16-9-4-6-14-8-10-16/h14H,4-10H2,1-3H3,(H,15,18). The van der Waals surface area contributed by atoms with E-state index >= 15 is 0 Å². The summed E-state index contributed by atoms with van der Waals surface area (Å²) in [6.07, 6.45) is 0.822. The second kappa shape index (κ2) is 7.33. The van der Waals surface area contributed by atoms with Crippen molar-refractivity contribution >= 4 is 12.0 Å². The number of carbonyl (C=O) groups excluding carboxylic acids is 2. The number of hydrogen-bond acceptors (Lipinski definition) is 4. The maximum atomic E-state index is 11.9. The summed E-state index contributed by atoms with van der Waals surface area (Å²) in [4.78, 5) is 25.2. The van der Waals surface area contributed by atoms with Crippen molar-refractivity contribution in [1.82, 2.24) is 15.5 Å². The quantitative estimate of drug-likeness (QED) is 0.793. The molecule has 6 heteroatoms. The summed E-state index contributed by atoms with van der Waals surface area (Å²) in [7, 11) is 0. The lowest BCUT2D eigenvalue weighted by Crippen LogP contribution is -2.38. The van der Waals surface area contributed by atoms with E-state index < -0.39 is 11.7 Å². The van der Waals surface area contributed by atoms with Crippen LogP contribution in [0.4, 0.5) is 4.79 Å². The molecular formula is C13H25N3O3. The first-order chi connectivity index (χ1) is 8.88. The maximum Gasteiger partial charge on any atom is 0.407 e. The molecule has 0 aromatic heterocycles. The van der Waals surface area contributed by atoms with E-state index in [1.54, 1.807) is 0 Å². The molecule has 0 spiro atoms. The summed E-state index contributed by atoms with van der Waals surface area (Å²) in [5.74, 6) is 0.0831. The summed E-state index contributed by atoms with van der Waals surface area (Å²) in [6, 6.07) is 0. The first kappa shape index (κ1) is 15.8. The predicted octanol–water partition coefficient (Wildman–Crippen LogP) is 0.723. The number of rotatable bonds is 3. The van der Waals surface area contributed by atoms with Gasteiger partial charge in [0.2, 0.25) is 5.91 Å². The molecule has 110 valence electrons. The minimum Gasteiger partial charge on any atom is -0.444 e. The molecular weight excluding hydrogens is 246 g/mol. The first-order valence-corrected chi connectivity index (χ1v) is 6.84. The summed E-state index contributed by atoms with van der Waals surface area (Å²) < 4.78 is 5.10. The molecule has 2 N–H and O–H groups in total. The summed E-state index contributed by atoms with van der Waals surface area (Å²) >= 11 is 0. The zero-order valence-electron chi connectivity index (χ0n) is 12.1. The van der Waals surface area contributed by atoms with Gasteiger partial charge >= 0.3 is 6.09 Å². The minimum atomic E-state index is -0.509. The monoisotopic (exact) mass is 271 g/mol. The lowest BCUT2D eigenvalue weighted by Gasteiger charge is -2.21. The molecule has 0 saturated carbocycles. The zero-order valence-corrected chi connectivity index (χ0v) is 12.1. The van der Waals surface area contributed by atoms with Gasteiger partial charge in [-0.2, -0.15) is 0 Å². The lowest BCUT2D eigenvalue weighted by atomic mass is 10.2. The Morgan fingerprint density at radius 2 is 2.00 bits per heavy atom. The Labute approximate surface area is 114 Å². The summed E-state index contributed by atoms with van der Waals surface area (Å²) in [6.45, 7) is 9.07. The smallest absolute Gasteiger partial charge is 0.407 e. The van der Waals surface area contributed by atoms with Crippen LogP contribution >= 0.6 is 0 Å². The molecule has 0 aliphatic carbocycles. The Morgan fingerprint density at radius 1 is 1.26 bits per heavy atom. The van der Waals surface area contributed by atoms with Gasteiger partial charge in [-0.3, -0.25) is 4.79 Å². The molecule has 2 amide bonds. The van der Waals surface area contributed by atoms with Crippen LogP contribution in [-0.2, 0) is 9.53 Å². The number of carbonyl (C=O) groups is 2. The molecule has 1 aliphatic rings. The van der Waals surface area contributed by atoms with E-state index in [9.17, 15) is 9.59 Å². The van der Waals surface area contributed by atoms with Crippen molar-refractivity contribution in [3.05, 3.63) is 0 Å². The molecule has 0 bridgehead atoms. The van der Waals surface area contributed by atoms with Crippen molar-refractivity contribution in [1.29, 1.82) is 0 Å². The van der Waals surface area contributed by atoms with Crippen molar-refractivity contribution in [2.24, 2.45) is 0 Å². The molecule has 1 rings (SSSR count). The molecule has 0 radical (unpaired) electrons. The van der Waals surface area contributed by atoms with Gasteiger partial charge in [0.1, 0.15) is 5.60 Å². The minimum absolute atomic E-state index is 0.0831. The van der Waals surface area contributed by atoms with E-state index in [-0.39, 0.29) is 5.91 Å². The lowest BCUT2D eigenvalue weighted by molar-refractivity contribution is -0.130. The number of hydrogen-bond donors (Lipinski definition) is 2. The van der Waals surface area contributed by atoms with E-state index in [1.807, 2.05) is 25.7 Å². The van der Waals surface area contributed by atoms with E-state index in [0.717, 1.165) is 32.6 Å². The fourth-order valence-electron chi connectivity index (χ4n) is 1.84. The highest BCUT2D eigenvalue weighted by atomic mass is 16.6. The van der Waals surface area contributed by atoms with Crippen LogP contribution in [0.25, 0.3) is 0 Å². The van der Waals surface area contributed by atoms with Gasteiger partial charge in [0.05, 0.1) is 0 Å². The molecule has 1 heterocycles. The molecule has 0 atom stereocenters. The van der Waals surface area contributed by atoms with Crippen LogP contribution in [-0.4, -0.2) is 55.2 Å². The largest absolute Gasteiger partial charge is 0.444 e. The van der Waals surface area contributed by atoms with Gasteiger partial charge in [-0.15, -0.1) is 0 Å². The summed E-state index contributed by atoms with van der Waals surface area (Å²) in [5, 5.41) is 5.85. The van der Waals surface area contributed by atoms with Gasteiger partial charge in [-0.05, 0) is 33.7 Å². The van der Waals surface area contributed by atoms with Gasteiger partial charge in [0.15, 0.2) is 0 Å². The highest BCUT2D eigenvalue weighted by molar-refractivity contribution is 5.77. The van der Waals surface area contributed by atoms with E-state index in [0.29, 0.717) is 13.0 Å². The van der Waals surface area contributed by atoms with Crippen LogP contribution in [0.5, 0.6) is 0 Å². The fourth-order valence-corrected chi connectivity index (χ4v) is 1.84. The van der Waals surface area contributed by atoms with Crippen LogP contribution in [0.3, 0.4) is 0 Å². The number of ether oxygens (including phenoxy) is 1. The highest BCUT2D eigenvalue weighted by Gasteiger charge is 2.17. The molecule has 1 fully saturated rings. The Hall–Kier alpha value is -1.30. The zero-order chi connectivity index (χ0) is 14.3. The molecule has 0 unspecified atom stereocenters. The number of amides is 2. The van der Waals surface area contributed by atoms with Crippen LogP contribution in [0.2, 0.25) is 0 Å². The maximum absolute atomic E-state index is 11.9. The van der Waals surface area contributed by atoms with Crippen molar-refractivity contribution in [3.63, 3.8) is 0 Å². The molecule has 0 aromatic rings. The average Bonchev–Trinajstić information content (AvgIpc) is 2.54. The second-order valence-electron chi connectivity index (χ2n) is 5.66. The molecule has 19 heavy (non-hydrogen) atoms. The van der Waals surface area contributed by atoms with Crippen molar-refractivity contribution in [3.8, 4) is 0 Å². The highest BCUT2D eigenvalue weighted by Crippen LogP contribution is 2.06. The fraction of sp³-hybridized carbons (Fsp3) is 0.846. The van der Waals surface area contributed by atoms with Crippen molar-refractivity contribution < 1.29 is 14.3 Å². The normalized spacial score (nSPS) is 16.7. The number of nitrogens with zero attached hydrogens (tertiary/aromatic N) is 1. The van der Waals surface area contributed by atoms with Crippen LogP contribution < -0.4 is 10.6 Å². The van der Waals surface area contributed by atoms with E-state index in [1.165, 1.54) is 0 Å². The van der Waals surface area contributed by atoms with Gasteiger partial charge < -0.3 is 20.3 Å². The molecule has 1 aliphatic heterocycles. The Bertz CT molecular complexity index is 305. The van der Waals surface area contributed by atoms with Gasteiger partial charge in [0, 0.05) is 32.6 Å². The Kier molecular flexibility index (Phi) is 6.08. The third kappa shape index (κ3) is 7.00. The number of nitrogens with one attached hydrogen (secondary N) is 2. The predicted molar refractivity (Wildman–Crippen MR) is 72.9 cm³/mol. The summed E-state index contributed by atoms with van der Waals surface area (Å²) in [5.41, 5.74) is -0.509. The van der Waals surface area contributed by atoms with Crippen LogP contribution in [0.15, 0.2) is 0 Å². The van der Waals surface area contributed by atoms with Crippen molar-refractivity contribution in [2.75, 3.05) is 32.7 Å². The molecule has 1 saturated heterocycles. The van der Waals surface area contributed by atoms with Gasteiger partial charge in [-0.25, -0.2) is 4.79 Å². The first-order valence-electron chi connectivity index (χ1n) is 6.84. The molecule has 0 aromatic carbocycles.